The molecule has 4 rings (SSSR count). The number of benzene rings is 2. The van der Waals surface area contributed by atoms with Crippen LogP contribution < -0.4 is 20.7 Å². The summed E-state index contributed by atoms with van der Waals surface area (Å²) in [7, 11) is 3.14. The fourth-order valence-corrected chi connectivity index (χ4v) is 3.77. The molecule has 0 radical (unpaired) electrons. The van der Waals surface area contributed by atoms with Crippen molar-refractivity contribution < 1.29 is 9.47 Å². The number of ether oxygens (including phenoxy) is 2. The van der Waals surface area contributed by atoms with Crippen molar-refractivity contribution in [2.24, 2.45) is 0 Å². The summed E-state index contributed by atoms with van der Waals surface area (Å²) < 4.78 is 13.4. The van der Waals surface area contributed by atoms with Crippen LogP contribution in [0.25, 0.3) is 11.0 Å². The SMILES string of the molecule is COc1ccc(CCn2c(=O)c3ncccc3n(Cc3ccc(Cl)cc3)c2=O)cc1OC. The third-order valence-corrected chi connectivity index (χ3v) is 5.56. The molecule has 8 heteroatoms. The highest BCUT2D eigenvalue weighted by Gasteiger charge is 2.15. The molecule has 32 heavy (non-hydrogen) atoms. The molecule has 0 saturated carbocycles. The minimum Gasteiger partial charge on any atom is -0.493 e. The normalized spacial score (nSPS) is 11.0. The van der Waals surface area contributed by atoms with Gasteiger partial charge in [-0.25, -0.2) is 9.78 Å². The first-order valence-electron chi connectivity index (χ1n) is 10.1. The Hall–Kier alpha value is -3.58. The van der Waals surface area contributed by atoms with Crippen LogP contribution in [0.2, 0.25) is 5.02 Å². The van der Waals surface area contributed by atoms with Crippen molar-refractivity contribution in [1.82, 2.24) is 14.1 Å². The van der Waals surface area contributed by atoms with Crippen LogP contribution in [-0.4, -0.2) is 28.3 Å². The molecule has 0 bridgehead atoms. The smallest absolute Gasteiger partial charge is 0.331 e. The van der Waals surface area contributed by atoms with Gasteiger partial charge < -0.3 is 9.47 Å². The minimum atomic E-state index is -0.404. The average molecular weight is 452 g/mol. The van der Waals surface area contributed by atoms with Crippen LogP contribution in [0, 0.1) is 0 Å². The summed E-state index contributed by atoms with van der Waals surface area (Å²) in [6, 6.07) is 16.2. The molecule has 164 valence electrons. The third kappa shape index (κ3) is 4.24. The lowest BCUT2D eigenvalue weighted by Crippen LogP contribution is -2.41. The molecule has 7 nitrogen and oxygen atoms in total. The quantitative estimate of drug-likeness (QED) is 0.429. The summed E-state index contributed by atoms with van der Waals surface area (Å²) >= 11 is 5.99. The highest BCUT2D eigenvalue weighted by atomic mass is 35.5. The lowest BCUT2D eigenvalue weighted by Gasteiger charge is -2.14. The van der Waals surface area contributed by atoms with Crippen molar-refractivity contribution in [1.29, 1.82) is 0 Å². The summed E-state index contributed by atoms with van der Waals surface area (Å²) in [6.07, 6.45) is 2.02. The lowest BCUT2D eigenvalue weighted by molar-refractivity contribution is 0.354. The fourth-order valence-electron chi connectivity index (χ4n) is 3.64. The molecular weight excluding hydrogens is 430 g/mol. The van der Waals surface area contributed by atoms with Gasteiger partial charge in [-0.2, -0.15) is 0 Å². The first-order chi connectivity index (χ1) is 15.5. The summed E-state index contributed by atoms with van der Waals surface area (Å²) in [5, 5.41) is 0.618. The number of aromatic nitrogens is 3. The molecule has 0 aliphatic rings. The second-order valence-corrected chi connectivity index (χ2v) is 7.70. The van der Waals surface area contributed by atoms with Crippen molar-refractivity contribution in [3.63, 3.8) is 0 Å². The Kier molecular flexibility index (Phi) is 6.28. The predicted octanol–water partition coefficient (Wildman–Crippen LogP) is 3.52. The Bertz CT molecular complexity index is 1380. The van der Waals surface area contributed by atoms with E-state index in [1.54, 1.807) is 55.3 Å². The zero-order chi connectivity index (χ0) is 22.7. The van der Waals surface area contributed by atoms with Gasteiger partial charge in [-0.05, 0) is 53.9 Å². The number of rotatable bonds is 7. The number of methoxy groups -OCH3 is 2. The Morgan fingerprint density at radius 1 is 0.906 bits per heavy atom. The molecule has 0 saturated heterocycles. The maximum Gasteiger partial charge on any atom is 0.331 e. The molecule has 0 unspecified atom stereocenters. The van der Waals surface area contributed by atoms with E-state index in [2.05, 4.69) is 4.98 Å². The van der Waals surface area contributed by atoms with Gasteiger partial charge in [0.1, 0.15) is 0 Å². The number of halogens is 1. The standard InChI is InChI=1S/C24H22ClN3O4/c1-31-20-10-7-16(14-21(20)32-2)11-13-27-23(29)22-19(4-3-12-26-22)28(24(27)30)15-17-5-8-18(25)9-6-17/h3-10,12,14H,11,13,15H2,1-2H3. The average Bonchev–Trinajstić information content (AvgIpc) is 2.82. The van der Waals surface area contributed by atoms with Gasteiger partial charge in [0.05, 0.1) is 26.3 Å². The van der Waals surface area contributed by atoms with Crippen molar-refractivity contribution in [2.45, 2.75) is 19.5 Å². The van der Waals surface area contributed by atoms with E-state index >= 15 is 0 Å². The van der Waals surface area contributed by atoms with Crippen LogP contribution in [-0.2, 0) is 19.5 Å². The van der Waals surface area contributed by atoms with Crippen molar-refractivity contribution in [2.75, 3.05) is 14.2 Å². The first kappa shape index (κ1) is 21.6. The van der Waals surface area contributed by atoms with Crippen molar-refractivity contribution in [3.8, 4) is 11.5 Å². The topological polar surface area (TPSA) is 75.4 Å². The molecule has 0 N–H and O–H groups in total. The zero-order valence-corrected chi connectivity index (χ0v) is 18.5. The number of fused-ring (bicyclic) bond motifs is 1. The van der Waals surface area contributed by atoms with Crippen LogP contribution in [0.15, 0.2) is 70.4 Å². The van der Waals surface area contributed by atoms with Gasteiger partial charge >= 0.3 is 5.69 Å². The van der Waals surface area contributed by atoms with E-state index < -0.39 is 5.56 Å². The molecule has 2 aromatic heterocycles. The molecule has 0 spiro atoms. The van der Waals surface area contributed by atoms with E-state index in [9.17, 15) is 9.59 Å². The van der Waals surface area contributed by atoms with Gasteiger partial charge in [0.25, 0.3) is 5.56 Å². The van der Waals surface area contributed by atoms with E-state index in [1.165, 1.54) is 4.57 Å². The van der Waals surface area contributed by atoms with Crippen LogP contribution in [0.5, 0.6) is 11.5 Å². The largest absolute Gasteiger partial charge is 0.493 e. The summed E-state index contributed by atoms with van der Waals surface area (Å²) in [5.74, 6) is 1.21. The number of nitrogens with zero attached hydrogens (tertiary/aromatic N) is 3. The Labute approximate surface area is 189 Å². The van der Waals surface area contributed by atoms with Gasteiger partial charge in [0.2, 0.25) is 0 Å². The third-order valence-electron chi connectivity index (χ3n) is 5.31. The lowest BCUT2D eigenvalue weighted by atomic mass is 10.1. The number of hydrogen-bond donors (Lipinski definition) is 0. The molecule has 0 aliphatic carbocycles. The van der Waals surface area contributed by atoms with E-state index in [0.717, 1.165) is 11.1 Å². The predicted molar refractivity (Wildman–Crippen MR) is 124 cm³/mol. The van der Waals surface area contributed by atoms with Crippen molar-refractivity contribution in [3.05, 3.63) is 97.8 Å². The van der Waals surface area contributed by atoms with E-state index in [4.69, 9.17) is 21.1 Å². The molecule has 0 atom stereocenters. The van der Waals surface area contributed by atoms with Gasteiger partial charge in [0, 0.05) is 17.8 Å². The number of pyridine rings is 1. The summed E-state index contributed by atoms with van der Waals surface area (Å²) in [5.41, 5.74) is 1.78. The molecular formula is C24H22ClN3O4. The van der Waals surface area contributed by atoms with Crippen LogP contribution in [0.1, 0.15) is 11.1 Å². The van der Waals surface area contributed by atoms with E-state index in [0.29, 0.717) is 35.0 Å². The molecule has 0 amide bonds. The van der Waals surface area contributed by atoms with Gasteiger partial charge in [-0.3, -0.25) is 13.9 Å². The maximum atomic E-state index is 13.3. The first-order valence-corrected chi connectivity index (χ1v) is 10.4. The van der Waals surface area contributed by atoms with Crippen LogP contribution >= 0.6 is 11.6 Å². The monoisotopic (exact) mass is 451 g/mol. The van der Waals surface area contributed by atoms with Gasteiger partial charge in [0.15, 0.2) is 17.0 Å². The number of aryl methyl sites for hydroxylation is 1. The summed E-state index contributed by atoms with van der Waals surface area (Å²) in [4.78, 5) is 30.7. The molecule has 4 aromatic rings. The Balaban J connectivity index is 1.74. The van der Waals surface area contributed by atoms with Gasteiger partial charge in [-0.15, -0.1) is 0 Å². The Morgan fingerprint density at radius 2 is 1.62 bits per heavy atom. The molecule has 2 heterocycles. The second-order valence-electron chi connectivity index (χ2n) is 7.26. The van der Waals surface area contributed by atoms with Crippen LogP contribution in [0.3, 0.4) is 0 Å². The molecule has 2 aromatic carbocycles. The number of hydrogen-bond acceptors (Lipinski definition) is 5. The summed E-state index contributed by atoms with van der Waals surface area (Å²) in [6.45, 7) is 0.509. The highest BCUT2D eigenvalue weighted by molar-refractivity contribution is 6.30. The van der Waals surface area contributed by atoms with Crippen molar-refractivity contribution >= 4 is 22.6 Å². The highest BCUT2D eigenvalue weighted by Crippen LogP contribution is 2.27. The Morgan fingerprint density at radius 3 is 2.34 bits per heavy atom. The second kappa shape index (κ2) is 9.28. The van der Waals surface area contributed by atoms with E-state index in [-0.39, 0.29) is 17.8 Å². The van der Waals surface area contributed by atoms with Crippen LogP contribution in [0.4, 0.5) is 0 Å². The van der Waals surface area contributed by atoms with E-state index in [1.807, 2.05) is 24.3 Å². The fraction of sp³-hybridized carbons (Fsp3) is 0.208. The molecule has 0 aliphatic heterocycles. The van der Waals surface area contributed by atoms with Gasteiger partial charge in [-0.1, -0.05) is 29.8 Å². The maximum absolute atomic E-state index is 13.3. The zero-order valence-electron chi connectivity index (χ0n) is 17.7. The minimum absolute atomic E-state index is 0.209. The molecule has 0 fully saturated rings.